The van der Waals surface area contributed by atoms with E-state index in [0.717, 1.165) is 19.2 Å². The number of nitrogens with two attached hydrogens (primary N) is 1. The molecule has 2 N–H and O–H groups in total. The third kappa shape index (κ3) is 1.97. The minimum atomic E-state index is -1.83. The van der Waals surface area contributed by atoms with Crippen LogP contribution in [-0.2, 0) is 15.1 Å². The van der Waals surface area contributed by atoms with Gasteiger partial charge in [0.15, 0.2) is 0 Å². The van der Waals surface area contributed by atoms with Crippen LogP contribution in [0.3, 0.4) is 0 Å². The normalized spacial score (nSPS) is 14.5. The van der Waals surface area contributed by atoms with Gasteiger partial charge in [0.25, 0.3) is 0 Å². The molecule has 0 bridgehead atoms. The van der Waals surface area contributed by atoms with Crippen molar-refractivity contribution in [3.8, 4) is 0 Å². The predicted molar refractivity (Wildman–Crippen MR) is 49.9 cm³/mol. The van der Waals surface area contributed by atoms with Crippen LogP contribution in [0.5, 0.6) is 0 Å². The number of hydrogen-bond donors (Lipinski definition) is 1. The van der Waals surface area contributed by atoms with Crippen LogP contribution in [0.25, 0.3) is 0 Å². The lowest BCUT2D eigenvalue weighted by Crippen LogP contribution is -2.44. The molecule has 0 spiro atoms. The van der Waals surface area contributed by atoms with Gasteiger partial charge < -0.3 is 10.5 Å². The first-order valence-corrected chi connectivity index (χ1v) is 4.23. The van der Waals surface area contributed by atoms with Crippen LogP contribution >= 0.6 is 0 Å². The van der Waals surface area contributed by atoms with Gasteiger partial charge in [0, 0.05) is 0 Å². The third-order valence-corrected chi connectivity index (χ3v) is 2.09. The first-order chi connectivity index (χ1) is 6.91. The van der Waals surface area contributed by atoms with Crippen LogP contribution < -0.4 is 5.73 Å². The van der Waals surface area contributed by atoms with Crippen molar-refractivity contribution in [1.82, 2.24) is 0 Å². The van der Waals surface area contributed by atoms with Crippen LogP contribution in [0, 0.1) is 11.6 Å². The monoisotopic (exact) mass is 215 g/mol. The number of rotatable bonds is 2. The molecule has 0 amide bonds. The smallest absolute Gasteiger partial charge is 0.330 e. The van der Waals surface area contributed by atoms with Crippen molar-refractivity contribution >= 4 is 5.97 Å². The summed E-state index contributed by atoms with van der Waals surface area (Å²) in [6.07, 6.45) is 0. The Morgan fingerprint density at radius 3 is 2.27 bits per heavy atom. The van der Waals surface area contributed by atoms with Crippen LogP contribution in [0.4, 0.5) is 8.78 Å². The number of carbonyl (C=O) groups is 1. The molecule has 0 saturated heterocycles. The Morgan fingerprint density at radius 1 is 1.40 bits per heavy atom. The van der Waals surface area contributed by atoms with Crippen LogP contribution in [-0.4, -0.2) is 13.1 Å². The lowest BCUT2D eigenvalue weighted by molar-refractivity contribution is -0.147. The molecule has 1 aromatic carbocycles. The van der Waals surface area contributed by atoms with Crippen LogP contribution in [0.2, 0.25) is 0 Å². The molecule has 1 rings (SSSR count). The summed E-state index contributed by atoms with van der Waals surface area (Å²) in [5, 5.41) is 0. The predicted octanol–water partition coefficient (Wildman–Crippen LogP) is 1.31. The highest BCUT2D eigenvalue weighted by molar-refractivity contribution is 5.81. The Balaban J connectivity index is 3.32. The molecule has 3 nitrogen and oxygen atoms in total. The maximum Gasteiger partial charge on any atom is 0.330 e. The summed E-state index contributed by atoms with van der Waals surface area (Å²) >= 11 is 0. The van der Waals surface area contributed by atoms with Crippen LogP contribution in [0.1, 0.15) is 12.5 Å². The number of methoxy groups -OCH3 is 1. The minimum absolute atomic E-state index is 0.489. The SMILES string of the molecule is COC(=O)C(C)(N)c1c(F)cccc1F. The number of hydrogen-bond acceptors (Lipinski definition) is 3. The van der Waals surface area contributed by atoms with E-state index in [4.69, 9.17) is 5.73 Å². The molecule has 1 atom stereocenters. The van der Waals surface area contributed by atoms with Crippen molar-refractivity contribution < 1.29 is 18.3 Å². The highest BCUT2D eigenvalue weighted by atomic mass is 19.1. The summed E-state index contributed by atoms with van der Waals surface area (Å²) in [6.45, 7) is 1.19. The fourth-order valence-corrected chi connectivity index (χ4v) is 1.31. The Kier molecular flexibility index (Phi) is 3.04. The molecule has 0 aromatic heterocycles. The van der Waals surface area contributed by atoms with Gasteiger partial charge in [-0.2, -0.15) is 0 Å². The molecule has 15 heavy (non-hydrogen) atoms. The molecular weight excluding hydrogens is 204 g/mol. The van der Waals surface area contributed by atoms with Gasteiger partial charge in [-0.15, -0.1) is 0 Å². The zero-order chi connectivity index (χ0) is 11.6. The lowest BCUT2D eigenvalue weighted by Gasteiger charge is -2.22. The first kappa shape index (κ1) is 11.6. The van der Waals surface area contributed by atoms with Crippen LogP contribution in [0.15, 0.2) is 18.2 Å². The molecule has 0 aliphatic heterocycles. The molecule has 82 valence electrons. The Bertz CT molecular complexity index is 371. The number of carbonyl (C=O) groups excluding carboxylic acids is 1. The molecule has 0 saturated carbocycles. The molecule has 1 aromatic rings. The maximum absolute atomic E-state index is 13.3. The summed E-state index contributed by atoms with van der Waals surface area (Å²) in [5.74, 6) is -2.64. The van der Waals surface area contributed by atoms with Gasteiger partial charge in [0.05, 0.1) is 12.7 Å². The lowest BCUT2D eigenvalue weighted by atomic mass is 9.92. The minimum Gasteiger partial charge on any atom is -0.467 e. The summed E-state index contributed by atoms with van der Waals surface area (Å²) in [7, 11) is 1.10. The van der Waals surface area contributed by atoms with E-state index < -0.39 is 28.7 Å². The summed E-state index contributed by atoms with van der Waals surface area (Å²) in [5.41, 5.74) is 3.22. The van der Waals surface area contributed by atoms with E-state index in [1.807, 2.05) is 0 Å². The van der Waals surface area contributed by atoms with Gasteiger partial charge in [0.1, 0.15) is 17.2 Å². The second kappa shape index (κ2) is 3.94. The molecule has 0 aliphatic carbocycles. The average molecular weight is 215 g/mol. The van der Waals surface area contributed by atoms with Gasteiger partial charge in [-0.25, -0.2) is 13.6 Å². The largest absolute Gasteiger partial charge is 0.467 e. The van der Waals surface area contributed by atoms with Gasteiger partial charge in [0.2, 0.25) is 0 Å². The van der Waals surface area contributed by atoms with Gasteiger partial charge in [-0.1, -0.05) is 6.07 Å². The average Bonchev–Trinajstić information content (AvgIpc) is 2.15. The van der Waals surface area contributed by atoms with Gasteiger partial charge >= 0.3 is 5.97 Å². The Morgan fingerprint density at radius 2 is 1.87 bits per heavy atom. The molecular formula is C10H11F2NO2. The topological polar surface area (TPSA) is 52.3 Å². The zero-order valence-corrected chi connectivity index (χ0v) is 8.38. The highest BCUT2D eigenvalue weighted by Gasteiger charge is 2.36. The number of ether oxygens (including phenoxy) is 1. The van der Waals surface area contributed by atoms with E-state index in [-0.39, 0.29) is 0 Å². The Hall–Kier alpha value is -1.49. The number of esters is 1. The van der Waals surface area contributed by atoms with Crippen molar-refractivity contribution in [1.29, 1.82) is 0 Å². The van der Waals surface area contributed by atoms with E-state index in [1.165, 1.54) is 13.0 Å². The third-order valence-electron chi connectivity index (χ3n) is 2.09. The second-order valence-electron chi connectivity index (χ2n) is 3.29. The highest BCUT2D eigenvalue weighted by Crippen LogP contribution is 2.25. The summed E-state index contributed by atoms with van der Waals surface area (Å²) in [4.78, 5) is 11.3. The van der Waals surface area contributed by atoms with Crippen molar-refractivity contribution in [3.63, 3.8) is 0 Å². The molecule has 0 radical (unpaired) electrons. The first-order valence-electron chi connectivity index (χ1n) is 4.23. The second-order valence-corrected chi connectivity index (χ2v) is 3.29. The Labute approximate surface area is 85.8 Å². The van der Waals surface area contributed by atoms with Crippen molar-refractivity contribution in [2.75, 3.05) is 7.11 Å². The van der Waals surface area contributed by atoms with Gasteiger partial charge in [-0.05, 0) is 19.1 Å². The van der Waals surface area contributed by atoms with E-state index in [9.17, 15) is 13.6 Å². The van der Waals surface area contributed by atoms with E-state index >= 15 is 0 Å². The van der Waals surface area contributed by atoms with Crippen molar-refractivity contribution in [2.24, 2.45) is 5.73 Å². The number of benzene rings is 1. The zero-order valence-electron chi connectivity index (χ0n) is 8.38. The van der Waals surface area contributed by atoms with E-state index in [0.29, 0.717) is 0 Å². The standard InChI is InChI=1S/C10H11F2NO2/c1-10(13,9(14)15-2)8-6(11)4-3-5-7(8)12/h3-5H,13H2,1-2H3. The molecule has 0 aliphatic rings. The molecule has 1 unspecified atom stereocenters. The quantitative estimate of drug-likeness (QED) is 0.757. The molecule has 5 heteroatoms. The van der Waals surface area contributed by atoms with Crippen molar-refractivity contribution in [3.05, 3.63) is 35.4 Å². The van der Waals surface area contributed by atoms with Crippen molar-refractivity contribution in [2.45, 2.75) is 12.5 Å². The van der Waals surface area contributed by atoms with E-state index in [1.54, 1.807) is 0 Å². The fraction of sp³-hybridized carbons (Fsp3) is 0.300. The van der Waals surface area contributed by atoms with Gasteiger partial charge in [-0.3, -0.25) is 0 Å². The summed E-state index contributed by atoms with van der Waals surface area (Å²) < 4.78 is 31.0. The van der Waals surface area contributed by atoms with E-state index in [2.05, 4.69) is 4.74 Å². The maximum atomic E-state index is 13.3. The molecule has 0 fully saturated rings. The summed E-state index contributed by atoms with van der Waals surface area (Å²) in [6, 6.07) is 3.26. The fourth-order valence-electron chi connectivity index (χ4n) is 1.31. The number of halogens is 2. The molecule has 0 heterocycles.